The molecule has 2 nitrogen and oxygen atoms in total. The Labute approximate surface area is 132 Å². The van der Waals surface area contributed by atoms with E-state index in [1.165, 1.54) is 5.56 Å². The zero-order valence-corrected chi connectivity index (χ0v) is 13.4. The van der Waals surface area contributed by atoms with E-state index in [1.807, 2.05) is 12.1 Å². The molecule has 0 saturated carbocycles. The number of hydrogen-bond acceptors (Lipinski definition) is 2. The third kappa shape index (κ3) is 4.26. The van der Waals surface area contributed by atoms with Crippen LogP contribution in [0.2, 0.25) is 5.02 Å². The summed E-state index contributed by atoms with van der Waals surface area (Å²) in [4.78, 5) is 12.7. The van der Waals surface area contributed by atoms with Gasteiger partial charge in [0.05, 0.1) is 26.5 Å². The highest BCUT2D eigenvalue weighted by molar-refractivity contribution is 7.86. The van der Waals surface area contributed by atoms with Crippen molar-refractivity contribution >= 4 is 28.2 Å². The number of ketones is 1. The Morgan fingerprint density at radius 2 is 1.76 bits per heavy atom. The minimum absolute atomic E-state index is 0.0448. The molecule has 0 fully saturated rings. The van der Waals surface area contributed by atoms with Crippen LogP contribution in [0.1, 0.15) is 29.3 Å². The summed E-state index contributed by atoms with van der Waals surface area (Å²) in [5.74, 6) is -0.173. The van der Waals surface area contributed by atoms with E-state index in [9.17, 15) is 9.00 Å². The highest BCUT2D eigenvalue weighted by Crippen LogP contribution is 2.19. The first kappa shape index (κ1) is 15.9. The van der Waals surface area contributed by atoms with Crippen LogP contribution in [0.3, 0.4) is 0 Å². The SMILES string of the molecule is CCCc1ccc(C(=O)CS(=O)c2ccccc2Cl)cc1. The van der Waals surface area contributed by atoms with Crippen molar-refractivity contribution in [3.05, 3.63) is 64.7 Å². The van der Waals surface area contributed by atoms with Crippen LogP contribution in [-0.2, 0) is 17.2 Å². The number of halogens is 1. The van der Waals surface area contributed by atoms with Crippen LogP contribution in [0, 0.1) is 0 Å². The van der Waals surface area contributed by atoms with Crippen molar-refractivity contribution in [2.24, 2.45) is 0 Å². The Kier molecular flexibility index (Phi) is 5.71. The van der Waals surface area contributed by atoms with Crippen molar-refractivity contribution in [2.45, 2.75) is 24.7 Å². The molecule has 4 heteroatoms. The van der Waals surface area contributed by atoms with Gasteiger partial charge in [-0.15, -0.1) is 0 Å². The fourth-order valence-electron chi connectivity index (χ4n) is 2.06. The lowest BCUT2D eigenvalue weighted by Crippen LogP contribution is -2.11. The lowest BCUT2D eigenvalue weighted by Gasteiger charge is -2.05. The van der Waals surface area contributed by atoms with Gasteiger partial charge < -0.3 is 0 Å². The fourth-order valence-corrected chi connectivity index (χ4v) is 3.53. The molecule has 0 saturated heterocycles. The first-order valence-electron chi connectivity index (χ1n) is 6.87. The minimum Gasteiger partial charge on any atom is -0.293 e. The van der Waals surface area contributed by atoms with E-state index >= 15 is 0 Å². The Morgan fingerprint density at radius 1 is 1.10 bits per heavy atom. The molecule has 0 heterocycles. The molecule has 1 unspecified atom stereocenters. The summed E-state index contributed by atoms with van der Waals surface area (Å²) in [6.07, 6.45) is 2.07. The Morgan fingerprint density at radius 3 is 2.38 bits per heavy atom. The van der Waals surface area contributed by atoms with E-state index in [0.29, 0.717) is 15.5 Å². The van der Waals surface area contributed by atoms with E-state index in [4.69, 9.17) is 11.6 Å². The number of benzene rings is 2. The topological polar surface area (TPSA) is 34.1 Å². The van der Waals surface area contributed by atoms with Crippen LogP contribution >= 0.6 is 11.6 Å². The lowest BCUT2D eigenvalue weighted by atomic mass is 10.1. The summed E-state index contributed by atoms with van der Waals surface area (Å²) in [5.41, 5.74) is 1.80. The summed E-state index contributed by atoms with van der Waals surface area (Å²) in [5, 5.41) is 0.432. The third-order valence-electron chi connectivity index (χ3n) is 3.16. The van der Waals surface area contributed by atoms with Crippen LogP contribution in [0.5, 0.6) is 0 Å². The molecule has 0 radical (unpaired) electrons. The zero-order valence-electron chi connectivity index (χ0n) is 11.8. The molecule has 0 bridgehead atoms. The van der Waals surface area contributed by atoms with Gasteiger partial charge in [0, 0.05) is 5.56 Å². The predicted molar refractivity (Wildman–Crippen MR) is 87.5 cm³/mol. The number of rotatable bonds is 6. The van der Waals surface area contributed by atoms with Gasteiger partial charge >= 0.3 is 0 Å². The summed E-state index contributed by atoms with van der Waals surface area (Å²) in [7, 11) is -1.42. The fraction of sp³-hybridized carbons (Fsp3) is 0.235. The molecule has 0 aliphatic carbocycles. The Hall–Kier alpha value is -1.45. The molecule has 2 aromatic carbocycles. The second-order valence-electron chi connectivity index (χ2n) is 4.79. The number of Topliss-reactive ketones (excluding diaryl/α,β-unsaturated/α-hetero) is 1. The summed E-state index contributed by atoms with van der Waals surface area (Å²) < 4.78 is 12.2. The average Bonchev–Trinajstić information content (AvgIpc) is 2.48. The normalized spacial score (nSPS) is 12.1. The van der Waals surface area contributed by atoms with Gasteiger partial charge in [-0.05, 0) is 24.1 Å². The van der Waals surface area contributed by atoms with Crippen molar-refractivity contribution in [1.29, 1.82) is 0 Å². The molecule has 2 aromatic rings. The molecule has 0 N–H and O–H groups in total. The van der Waals surface area contributed by atoms with Gasteiger partial charge in [-0.3, -0.25) is 9.00 Å². The van der Waals surface area contributed by atoms with Gasteiger partial charge in [0.25, 0.3) is 0 Å². The number of aryl methyl sites for hydroxylation is 1. The third-order valence-corrected chi connectivity index (χ3v) is 4.97. The second kappa shape index (κ2) is 7.53. The standard InChI is InChI=1S/C17H17ClO2S/c1-2-5-13-8-10-14(11-9-13)16(19)12-21(20)17-7-4-3-6-15(17)18/h3-4,6-11H,2,5,12H2,1H3. The number of carbonyl (C=O) groups is 1. The molecule has 21 heavy (non-hydrogen) atoms. The highest BCUT2D eigenvalue weighted by atomic mass is 35.5. The molecule has 0 spiro atoms. The van der Waals surface area contributed by atoms with Crippen molar-refractivity contribution in [1.82, 2.24) is 0 Å². The van der Waals surface area contributed by atoms with Crippen molar-refractivity contribution in [3.8, 4) is 0 Å². The largest absolute Gasteiger partial charge is 0.293 e. The van der Waals surface area contributed by atoms with Crippen molar-refractivity contribution in [2.75, 3.05) is 5.75 Å². The van der Waals surface area contributed by atoms with Gasteiger partial charge in [0.1, 0.15) is 0 Å². The molecule has 0 aromatic heterocycles. The van der Waals surface area contributed by atoms with Crippen LogP contribution in [0.25, 0.3) is 0 Å². The van der Waals surface area contributed by atoms with Crippen LogP contribution in [-0.4, -0.2) is 15.7 Å². The first-order valence-corrected chi connectivity index (χ1v) is 8.56. The van der Waals surface area contributed by atoms with Gasteiger partial charge in [-0.2, -0.15) is 0 Å². The van der Waals surface area contributed by atoms with Crippen molar-refractivity contribution < 1.29 is 9.00 Å². The van der Waals surface area contributed by atoms with Crippen LogP contribution in [0.15, 0.2) is 53.4 Å². The monoisotopic (exact) mass is 320 g/mol. The van der Waals surface area contributed by atoms with Crippen LogP contribution < -0.4 is 0 Å². The van der Waals surface area contributed by atoms with E-state index in [-0.39, 0.29) is 11.5 Å². The van der Waals surface area contributed by atoms with Crippen molar-refractivity contribution in [3.63, 3.8) is 0 Å². The molecule has 2 rings (SSSR count). The average molecular weight is 321 g/mol. The molecular formula is C17H17ClO2S. The van der Waals surface area contributed by atoms with E-state index in [2.05, 4.69) is 6.92 Å². The zero-order chi connectivity index (χ0) is 15.2. The minimum atomic E-state index is -1.42. The van der Waals surface area contributed by atoms with E-state index in [1.54, 1.807) is 36.4 Å². The molecule has 1 atom stereocenters. The van der Waals surface area contributed by atoms with Gasteiger partial charge in [-0.25, -0.2) is 0 Å². The molecule has 110 valence electrons. The first-order chi connectivity index (χ1) is 10.1. The summed E-state index contributed by atoms with van der Waals surface area (Å²) in [6, 6.07) is 14.4. The maximum absolute atomic E-state index is 12.2. The summed E-state index contributed by atoms with van der Waals surface area (Å²) in [6.45, 7) is 2.12. The van der Waals surface area contributed by atoms with Gasteiger partial charge in [0.15, 0.2) is 5.78 Å². The maximum Gasteiger partial charge on any atom is 0.175 e. The molecule has 0 amide bonds. The summed E-state index contributed by atoms with van der Waals surface area (Å²) >= 11 is 6.00. The maximum atomic E-state index is 12.2. The Balaban J connectivity index is 2.07. The quantitative estimate of drug-likeness (QED) is 0.744. The van der Waals surface area contributed by atoms with E-state index in [0.717, 1.165) is 12.8 Å². The Bertz CT molecular complexity index is 650. The lowest BCUT2D eigenvalue weighted by molar-refractivity contribution is 0.102. The predicted octanol–water partition coefficient (Wildman–Crippen LogP) is 4.28. The number of carbonyl (C=O) groups excluding carboxylic acids is 1. The van der Waals surface area contributed by atoms with E-state index < -0.39 is 10.8 Å². The van der Waals surface area contributed by atoms with Gasteiger partial charge in [0.2, 0.25) is 0 Å². The smallest absolute Gasteiger partial charge is 0.175 e. The second-order valence-corrected chi connectivity index (χ2v) is 6.62. The highest BCUT2D eigenvalue weighted by Gasteiger charge is 2.14. The molecule has 0 aliphatic rings. The van der Waals surface area contributed by atoms with Crippen LogP contribution in [0.4, 0.5) is 0 Å². The molecular weight excluding hydrogens is 304 g/mol. The number of hydrogen-bond donors (Lipinski definition) is 0. The van der Waals surface area contributed by atoms with Gasteiger partial charge in [-0.1, -0.05) is 61.3 Å². The molecule has 0 aliphatic heterocycles.